The van der Waals surface area contributed by atoms with E-state index in [4.69, 9.17) is 0 Å². The Kier molecular flexibility index (Phi) is 3.16. The molecule has 15 heavy (non-hydrogen) atoms. The first-order valence-electron chi connectivity index (χ1n) is 4.92. The number of nitrogens with zero attached hydrogens (tertiary/aromatic N) is 1. The molecule has 1 N–H and O–H groups in total. The van der Waals surface area contributed by atoms with Crippen molar-refractivity contribution in [2.45, 2.75) is 37.9 Å². The predicted octanol–water partition coefficient (Wildman–Crippen LogP) is 2.13. The number of amides is 2. The molecule has 1 aliphatic carbocycles. The topological polar surface area (TPSA) is 32.3 Å². The number of carbonyl (C=O) groups is 1. The van der Waals surface area contributed by atoms with Gasteiger partial charge in [-0.2, -0.15) is 13.2 Å². The second-order valence-corrected chi connectivity index (χ2v) is 3.88. The monoisotopic (exact) mass is 224 g/mol. The maximum absolute atomic E-state index is 12.7. The van der Waals surface area contributed by atoms with Crippen LogP contribution in [0.25, 0.3) is 0 Å². The van der Waals surface area contributed by atoms with E-state index in [1.54, 1.807) is 6.92 Å². The summed E-state index contributed by atoms with van der Waals surface area (Å²) in [5, 5.41) is 2.08. The molecule has 0 aromatic carbocycles. The number of carbonyl (C=O) groups excluding carboxylic acids is 1. The van der Waals surface area contributed by atoms with Crippen molar-refractivity contribution in [3.8, 4) is 0 Å². The number of halogens is 3. The Labute approximate surface area is 86.6 Å². The average Bonchev–Trinajstić information content (AvgIpc) is 2.07. The summed E-state index contributed by atoms with van der Waals surface area (Å²) in [7, 11) is 1.47. The molecule has 1 saturated carbocycles. The number of urea groups is 1. The van der Waals surface area contributed by atoms with Crippen molar-refractivity contribution in [1.82, 2.24) is 10.2 Å². The van der Waals surface area contributed by atoms with Crippen LogP contribution in [-0.4, -0.2) is 36.2 Å². The van der Waals surface area contributed by atoms with E-state index < -0.39 is 17.7 Å². The zero-order valence-electron chi connectivity index (χ0n) is 8.82. The lowest BCUT2D eigenvalue weighted by atomic mass is 9.76. The first-order chi connectivity index (χ1) is 6.82. The van der Waals surface area contributed by atoms with Crippen LogP contribution in [0.3, 0.4) is 0 Å². The predicted molar refractivity (Wildman–Crippen MR) is 49.5 cm³/mol. The molecule has 0 unspecified atom stereocenters. The summed E-state index contributed by atoms with van der Waals surface area (Å²) in [4.78, 5) is 12.6. The van der Waals surface area contributed by atoms with Crippen LogP contribution in [-0.2, 0) is 0 Å². The fourth-order valence-electron chi connectivity index (χ4n) is 1.45. The van der Waals surface area contributed by atoms with Gasteiger partial charge in [-0.15, -0.1) is 0 Å². The first kappa shape index (κ1) is 12.1. The van der Waals surface area contributed by atoms with Gasteiger partial charge in [-0.1, -0.05) is 0 Å². The Morgan fingerprint density at radius 2 is 2.00 bits per heavy atom. The highest BCUT2D eigenvalue weighted by atomic mass is 19.4. The fourth-order valence-corrected chi connectivity index (χ4v) is 1.45. The third-order valence-corrected chi connectivity index (χ3v) is 2.92. The van der Waals surface area contributed by atoms with E-state index in [9.17, 15) is 18.0 Å². The lowest BCUT2D eigenvalue weighted by Gasteiger charge is -2.44. The summed E-state index contributed by atoms with van der Waals surface area (Å²) >= 11 is 0. The Hall–Kier alpha value is -0.940. The van der Waals surface area contributed by atoms with E-state index in [-0.39, 0.29) is 12.8 Å². The molecule has 1 rings (SSSR count). The molecule has 1 fully saturated rings. The number of hydrogen-bond donors (Lipinski definition) is 1. The third kappa shape index (κ3) is 2.18. The highest BCUT2D eigenvalue weighted by Crippen LogP contribution is 2.45. The zero-order chi connectivity index (χ0) is 11.7. The Morgan fingerprint density at radius 1 is 1.47 bits per heavy atom. The molecule has 0 saturated heterocycles. The minimum absolute atomic E-state index is 0.0141. The van der Waals surface area contributed by atoms with Gasteiger partial charge in [0.25, 0.3) is 0 Å². The maximum atomic E-state index is 12.7. The molecule has 6 heteroatoms. The van der Waals surface area contributed by atoms with E-state index in [1.165, 1.54) is 11.9 Å². The van der Waals surface area contributed by atoms with E-state index in [0.717, 1.165) is 0 Å². The highest BCUT2D eigenvalue weighted by Gasteiger charge is 2.59. The van der Waals surface area contributed by atoms with Crippen molar-refractivity contribution in [2.24, 2.45) is 0 Å². The molecular weight excluding hydrogens is 209 g/mol. The van der Waals surface area contributed by atoms with Crippen LogP contribution in [0.5, 0.6) is 0 Å². The van der Waals surface area contributed by atoms with Crippen LogP contribution >= 0.6 is 0 Å². The van der Waals surface area contributed by atoms with Gasteiger partial charge in [0.15, 0.2) is 0 Å². The second-order valence-electron chi connectivity index (χ2n) is 3.88. The molecule has 0 radical (unpaired) electrons. The summed E-state index contributed by atoms with van der Waals surface area (Å²) in [5.74, 6) is 0. The number of rotatable bonds is 2. The number of nitrogens with one attached hydrogen (secondary N) is 1. The van der Waals surface area contributed by atoms with Gasteiger partial charge in [-0.3, -0.25) is 0 Å². The van der Waals surface area contributed by atoms with Gasteiger partial charge in [0, 0.05) is 13.6 Å². The minimum atomic E-state index is -4.35. The molecular formula is C9H15F3N2O. The van der Waals surface area contributed by atoms with Crippen molar-refractivity contribution < 1.29 is 18.0 Å². The Morgan fingerprint density at radius 3 is 2.27 bits per heavy atom. The van der Waals surface area contributed by atoms with Crippen LogP contribution in [0.2, 0.25) is 0 Å². The van der Waals surface area contributed by atoms with Gasteiger partial charge in [0.1, 0.15) is 5.54 Å². The molecule has 0 aromatic rings. The molecule has 0 aromatic heterocycles. The first-order valence-corrected chi connectivity index (χ1v) is 4.92. The van der Waals surface area contributed by atoms with Gasteiger partial charge in [0.05, 0.1) is 0 Å². The summed E-state index contributed by atoms with van der Waals surface area (Å²) < 4.78 is 38.0. The fraction of sp³-hybridized carbons (Fsp3) is 0.889. The Bertz CT molecular complexity index is 248. The molecule has 2 amide bonds. The minimum Gasteiger partial charge on any atom is -0.328 e. The zero-order valence-corrected chi connectivity index (χ0v) is 8.82. The van der Waals surface area contributed by atoms with Gasteiger partial charge in [0.2, 0.25) is 0 Å². The second kappa shape index (κ2) is 3.90. The smallest absolute Gasteiger partial charge is 0.328 e. The molecule has 0 atom stereocenters. The normalized spacial score (nSPS) is 19.3. The summed E-state index contributed by atoms with van der Waals surface area (Å²) in [6.45, 7) is 2.10. The van der Waals surface area contributed by atoms with Crippen molar-refractivity contribution in [3.63, 3.8) is 0 Å². The van der Waals surface area contributed by atoms with Crippen molar-refractivity contribution in [1.29, 1.82) is 0 Å². The van der Waals surface area contributed by atoms with Crippen molar-refractivity contribution >= 4 is 6.03 Å². The quantitative estimate of drug-likeness (QED) is 0.765. The molecule has 3 nitrogen and oxygen atoms in total. The number of alkyl halides is 3. The summed E-state index contributed by atoms with van der Waals surface area (Å²) in [6, 6.07) is -0.658. The molecule has 0 bridgehead atoms. The maximum Gasteiger partial charge on any atom is 0.411 e. The van der Waals surface area contributed by atoms with E-state index in [2.05, 4.69) is 5.32 Å². The van der Waals surface area contributed by atoms with Crippen LogP contribution < -0.4 is 5.32 Å². The van der Waals surface area contributed by atoms with Gasteiger partial charge >= 0.3 is 12.2 Å². The lowest BCUT2D eigenvalue weighted by molar-refractivity contribution is -0.215. The van der Waals surface area contributed by atoms with Gasteiger partial charge < -0.3 is 10.2 Å². The van der Waals surface area contributed by atoms with E-state index >= 15 is 0 Å². The highest BCUT2D eigenvalue weighted by molar-refractivity contribution is 5.75. The molecule has 0 heterocycles. The molecule has 88 valence electrons. The van der Waals surface area contributed by atoms with E-state index in [1.807, 2.05) is 0 Å². The summed E-state index contributed by atoms with van der Waals surface area (Å²) in [5.41, 5.74) is -1.98. The van der Waals surface area contributed by atoms with Gasteiger partial charge in [-0.05, 0) is 26.2 Å². The molecule has 0 aliphatic heterocycles. The SMILES string of the molecule is CCN(C)C(=O)NC1(C(F)(F)F)CCC1. The molecule has 1 aliphatic rings. The van der Waals surface area contributed by atoms with Crippen LogP contribution in [0.1, 0.15) is 26.2 Å². The average molecular weight is 224 g/mol. The lowest BCUT2D eigenvalue weighted by Crippen LogP contribution is -2.64. The Balaban J connectivity index is 2.66. The van der Waals surface area contributed by atoms with Crippen molar-refractivity contribution in [3.05, 3.63) is 0 Å². The molecule has 0 spiro atoms. The standard InChI is InChI=1S/C9H15F3N2O/c1-3-14(2)7(15)13-8(5-4-6-8)9(10,11)12/h3-6H2,1-2H3,(H,13,15). The van der Waals surface area contributed by atoms with E-state index in [0.29, 0.717) is 13.0 Å². The van der Waals surface area contributed by atoms with Crippen LogP contribution in [0, 0.1) is 0 Å². The van der Waals surface area contributed by atoms with Crippen LogP contribution in [0.4, 0.5) is 18.0 Å². The largest absolute Gasteiger partial charge is 0.411 e. The number of hydrogen-bond acceptors (Lipinski definition) is 1. The van der Waals surface area contributed by atoms with Crippen LogP contribution in [0.15, 0.2) is 0 Å². The van der Waals surface area contributed by atoms with Gasteiger partial charge in [-0.25, -0.2) is 4.79 Å². The summed E-state index contributed by atoms with van der Waals surface area (Å²) in [6.07, 6.45) is -3.87. The van der Waals surface area contributed by atoms with Crippen molar-refractivity contribution in [2.75, 3.05) is 13.6 Å². The third-order valence-electron chi connectivity index (χ3n) is 2.92.